The third-order valence-corrected chi connectivity index (χ3v) is 5.53. The van der Waals surface area contributed by atoms with Gasteiger partial charge in [-0.2, -0.15) is 0 Å². The summed E-state index contributed by atoms with van der Waals surface area (Å²) in [5.41, 5.74) is 2.89. The molecule has 2 aromatic carbocycles. The van der Waals surface area contributed by atoms with Crippen LogP contribution in [-0.4, -0.2) is 22.6 Å². The number of carbonyl (C=O) groups excluding carboxylic acids is 1. The lowest BCUT2D eigenvalue weighted by Crippen LogP contribution is -2.24. The molecular formula is C19H15ClF2N4O2S. The van der Waals surface area contributed by atoms with E-state index in [2.05, 4.69) is 20.8 Å². The summed E-state index contributed by atoms with van der Waals surface area (Å²) < 4.78 is 32.1. The van der Waals surface area contributed by atoms with E-state index in [1.54, 1.807) is 6.07 Å². The zero-order valence-corrected chi connectivity index (χ0v) is 16.5. The number of benzene rings is 2. The lowest BCUT2D eigenvalue weighted by atomic mass is 9.98. The molecule has 0 aliphatic carbocycles. The normalized spacial score (nSPS) is 13.1. The van der Waals surface area contributed by atoms with E-state index in [0.717, 1.165) is 42.5 Å². The number of rotatable bonds is 5. The lowest BCUT2D eigenvalue weighted by Gasteiger charge is -2.17. The predicted molar refractivity (Wildman–Crippen MR) is 105 cm³/mol. The number of amides is 1. The van der Waals surface area contributed by atoms with Gasteiger partial charge < -0.3 is 10.1 Å². The van der Waals surface area contributed by atoms with Crippen LogP contribution in [0.15, 0.2) is 30.3 Å². The van der Waals surface area contributed by atoms with Crippen LogP contribution in [0.3, 0.4) is 0 Å². The van der Waals surface area contributed by atoms with Gasteiger partial charge in [-0.3, -0.25) is 10.1 Å². The molecule has 0 radical (unpaired) electrons. The zero-order chi connectivity index (χ0) is 20.4. The molecule has 1 amide bonds. The van der Waals surface area contributed by atoms with Crippen molar-refractivity contribution in [1.82, 2.24) is 15.5 Å². The summed E-state index contributed by atoms with van der Waals surface area (Å²) in [5, 5.41) is 14.2. The van der Waals surface area contributed by atoms with Gasteiger partial charge in [0.05, 0.1) is 0 Å². The lowest BCUT2D eigenvalue weighted by molar-refractivity contribution is 0.102. The van der Waals surface area contributed by atoms with E-state index in [-0.39, 0.29) is 23.3 Å². The molecule has 10 heteroatoms. The highest BCUT2D eigenvalue weighted by Gasteiger charge is 2.15. The molecule has 2 N–H and O–H groups in total. The number of halogens is 3. The molecule has 4 rings (SSSR count). The molecule has 150 valence electrons. The fourth-order valence-corrected chi connectivity index (χ4v) is 3.74. The zero-order valence-electron chi connectivity index (χ0n) is 15.0. The van der Waals surface area contributed by atoms with Crippen molar-refractivity contribution < 1.29 is 18.3 Å². The van der Waals surface area contributed by atoms with Crippen molar-refractivity contribution in [2.24, 2.45) is 0 Å². The minimum atomic E-state index is -0.910. The largest absolute Gasteiger partial charge is 0.485 e. The van der Waals surface area contributed by atoms with Crippen LogP contribution < -0.4 is 15.4 Å². The van der Waals surface area contributed by atoms with Crippen LogP contribution in [0.4, 0.5) is 13.9 Å². The van der Waals surface area contributed by atoms with Crippen LogP contribution in [0, 0.1) is 11.6 Å². The highest BCUT2D eigenvalue weighted by molar-refractivity contribution is 7.15. The Morgan fingerprint density at radius 2 is 2.10 bits per heavy atom. The Bertz CT molecular complexity index is 1080. The number of hydrogen-bond acceptors (Lipinski definition) is 6. The Labute approximate surface area is 173 Å². The first kappa shape index (κ1) is 19.7. The van der Waals surface area contributed by atoms with Crippen molar-refractivity contribution in [3.63, 3.8) is 0 Å². The third kappa shape index (κ3) is 4.52. The number of nitrogens with one attached hydrogen (secondary N) is 2. The Morgan fingerprint density at radius 3 is 2.97 bits per heavy atom. The van der Waals surface area contributed by atoms with E-state index in [9.17, 15) is 13.6 Å². The van der Waals surface area contributed by atoms with E-state index < -0.39 is 11.6 Å². The van der Waals surface area contributed by atoms with Gasteiger partial charge in [-0.1, -0.05) is 29.0 Å². The van der Waals surface area contributed by atoms with E-state index in [1.165, 1.54) is 5.56 Å². The standard InChI is InChI=1S/C19H15ClF2N4O2S/c20-17-14(22)6-13(21)7-15(17)28-9-16-25-26-19(29-16)24-18(27)11-1-2-12-8-23-4-3-10(12)5-11/h1-2,5-7,23H,3-4,8-9H2,(H,24,26,27). The summed E-state index contributed by atoms with van der Waals surface area (Å²) >= 11 is 6.86. The fraction of sp³-hybridized carbons (Fsp3) is 0.211. The average molecular weight is 437 g/mol. The van der Waals surface area contributed by atoms with Crippen LogP contribution in [0.5, 0.6) is 5.75 Å². The van der Waals surface area contributed by atoms with Crippen molar-refractivity contribution in [3.8, 4) is 5.75 Å². The minimum Gasteiger partial charge on any atom is -0.485 e. The molecular weight excluding hydrogens is 422 g/mol. The van der Waals surface area contributed by atoms with Crippen LogP contribution in [0.1, 0.15) is 26.5 Å². The third-order valence-electron chi connectivity index (χ3n) is 4.35. The summed E-state index contributed by atoms with van der Waals surface area (Å²) in [4.78, 5) is 12.5. The number of anilines is 1. The molecule has 2 heterocycles. The smallest absolute Gasteiger partial charge is 0.257 e. The van der Waals surface area contributed by atoms with Gasteiger partial charge in [0.15, 0.2) is 5.01 Å². The topological polar surface area (TPSA) is 76.1 Å². The average Bonchev–Trinajstić information content (AvgIpc) is 3.16. The van der Waals surface area contributed by atoms with Crippen LogP contribution in [0.25, 0.3) is 0 Å². The molecule has 0 spiro atoms. The highest BCUT2D eigenvalue weighted by Crippen LogP contribution is 2.29. The van der Waals surface area contributed by atoms with Gasteiger partial charge in [0, 0.05) is 24.2 Å². The predicted octanol–water partition coefficient (Wildman–Crippen LogP) is 3.95. The molecule has 1 aromatic heterocycles. The van der Waals surface area contributed by atoms with Crippen molar-refractivity contribution in [2.45, 2.75) is 19.6 Å². The second kappa shape index (κ2) is 8.40. The molecule has 3 aromatic rings. The van der Waals surface area contributed by atoms with Crippen molar-refractivity contribution in [1.29, 1.82) is 0 Å². The summed E-state index contributed by atoms with van der Waals surface area (Å²) in [5.74, 6) is -2.13. The second-order valence-corrected chi connectivity index (χ2v) is 7.79. The first-order chi connectivity index (χ1) is 14.0. The maximum absolute atomic E-state index is 13.5. The second-order valence-electron chi connectivity index (χ2n) is 6.35. The molecule has 29 heavy (non-hydrogen) atoms. The maximum Gasteiger partial charge on any atom is 0.257 e. The Morgan fingerprint density at radius 1 is 1.24 bits per heavy atom. The van der Waals surface area contributed by atoms with E-state index >= 15 is 0 Å². The Balaban J connectivity index is 1.40. The number of nitrogens with zero attached hydrogens (tertiary/aromatic N) is 2. The van der Waals surface area contributed by atoms with E-state index in [4.69, 9.17) is 16.3 Å². The molecule has 0 saturated heterocycles. The quantitative estimate of drug-likeness (QED) is 0.592. The van der Waals surface area contributed by atoms with Gasteiger partial charge in [-0.15, -0.1) is 10.2 Å². The highest BCUT2D eigenvalue weighted by atomic mass is 35.5. The molecule has 1 aliphatic rings. The first-order valence-corrected chi connectivity index (χ1v) is 9.92. The summed E-state index contributed by atoms with van der Waals surface area (Å²) in [7, 11) is 0. The van der Waals surface area contributed by atoms with Gasteiger partial charge in [-0.25, -0.2) is 8.78 Å². The SMILES string of the molecule is O=C(Nc1nnc(COc2cc(F)cc(F)c2Cl)s1)c1ccc2c(c1)CCNC2. The number of hydrogen-bond donors (Lipinski definition) is 2. The molecule has 0 saturated carbocycles. The van der Waals surface area contributed by atoms with Crippen molar-refractivity contribution in [3.05, 3.63) is 68.7 Å². The van der Waals surface area contributed by atoms with Crippen LogP contribution >= 0.6 is 22.9 Å². The van der Waals surface area contributed by atoms with Crippen molar-refractivity contribution >= 4 is 34.0 Å². The number of aromatic nitrogens is 2. The van der Waals surface area contributed by atoms with E-state index in [1.807, 2.05) is 12.1 Å². The molecule has 1 aliphatic heterocycles. The van der Waals surface area contributed by atoms with Gasteiger partial charge in [-0.05, 0) is 36.2 Å². The summed E-state index contributed by atoms with van der Waals surface area (Å²) in [6, 6.07) is 7.26. The van der Waals surface area contributed by atoms with Crippen LogP contribution in [-0.2, 0) is 19.6 Å². The maximum atomic E-state index is 13.5. The van der Waals surface area contributed by atoms with E-state index in [0.29, 0.717) is 21.8 Å². The van der Waals surface area contributed by atoms with Gasteiger partial charge in [0.2, 0.25) is 5.13 Å². The fourth-order valence-electron chi connectivity index (χ4n) is 2.93. The molecule has 6 nitrogen and oxygen atoms in total. The molecule has 0 unspecified atom stereocenters. The van der Waals surface area contributed by atoms with Gasteiger partial charge >= 0.3 is 0 Å². The summed E-state index contributed by atoms with van der Waals surface area (Å²) in [6.45, 7) is 1.59. The number of fused-ring (bicyclic) bond motifs is 1. The van der Waals surface area contributed by atoms with Gasteiger partial charge in [0.25, 0.3) is 5.91 Å². The van der Waals surface area contributed by atoms with Crippen LogP contribution in [0.2, 0.25) is 5.02 Å². The molecule has 0 fully saturated rings. The summed E-state index contributed by atoms with van der Waals surface area (Å²) in [6.07, 6.45) is 0.875. The number of ether oxygens (including phenoxy) is 1. The molecule has 0 bridgehead atoms. The minimum absolute atomic E-state index is 0.0952. The monoisotopic (exact) mass is 436 g/mol. The first-order valence-electron chi connectivity index (χ1n) is 8.73. The molecule has 0 atom stereocenters. The van der Waals surface area contributed by atoms with Gasteiger partial charge in [0.1, 0.15) is 29.0 Å². The number of carbonyl (C=O) groups is 1. The van der Waals surface area contributed by atoms with Crippen molar-refractivity contribution in [2.75, 3.05) is 11.9 Å². The Kier molecular flexibility index (Phi) is 5.70. The Hall–Kier alpha value is -2.62.